The molecule has 0 aliphatic rings. The lowest BCUT2D eigenvalue weighted by molar-refractivity contribution is 0.111. The Morgan fingerprint density at radius 1 is 1.55 bits per heavy atom. The van der Waals surface area contributed by atoms with Crippen LogP contribution < -0.4 is 0 Å². The molecule has 2 heteroatoms. The van der Waals surface area contributed by atoms with Gasteiger partial charge in [0.15, 0.2) is 6.29 Å². The molecular formula is C9H13NO. The Kier molecular flexibility index (Phi) is 2.47. The van der Waals surface area contributed by atoms with Gasteiger partial charge in [0, 0.05) is 12.7 Å². The summed E-state index contributed by atoms with van der Waals surface area (Å²) in [6.07, 6.45) is 3.06. The first kappa shape index (κ1) is 8.05. The number of nitrogens with zero attached hydrogens (tertiary/aromatic N) is 1. The van der Waals surface area contributed by atoms with E-state index in [0.29, 0.717) is 0 Å². The van der Waals surface area contributed by atoms with Gasteiger partial charge in [-0.3, -0.25) is 4.79 Å². The lowest BCUT2D eigenvalue weighted by atomic mass is 10.2. The van der Waals surface area contributed by atoms with Crippen LogP contribution in [0.2, 0.25) is 0 Å². The summed E-state index contributed by atoms with van der Waals surface area (Å²) in [5.74, 6) is 0. The summed E-state index contributed by atoms with van der Waals surface area (Å²) in [7, 11) is 1.93. The van der Waals surface area contributed by atoms with Crippen molar-refractivity contribution in [2.45, 2.75) is 19.8 Å². The average Bonchev–Trinajstić information content (AvgIpc) is 2.34. The molecule has 1 aromatic heterocycles. The molecule has 0 saturated heterocycles. The van der Waals surface area contributed by atoms with Crippen molar-refractivity contribution in [1.29, 1.82) is 0 Å². The molecule has 1 aromatic rings. The summed E-state index contributed by atoms with van der Waals surface area (Å²) < 4.78 is 1.94. The van der Waals surface area contributed by atoms with E-state index in [9.17, 15) is 4.79 Å². The lowest BCUT2D eigenvalue weighted by Crippen LogP contribution is -1.99. The molecule has 1 heterocycles. The van der Waals surface area contributed by atoms with Gasteiger partial charge >= 0.3 is 0 Å². The molecule has 0 aromatic carbocycles. The fraction of sp³-hybridized carbons (Fsp3) is 0.444. The molecule has 11 heavy (non-hydrogen) atoms. The molecule has 0 amide bonds. The van der Waals surface area contributed by atoms with Gasteiger partial charge in [-0.25, -0.2) is 0 Å². The lowest BCUT2D eigenvalue weighted by Gasteiger charge is -2.01. The first-order chi connectivity index (χ1) is 5.29. The number of carbonyl (C=O) groups excluding carboxylic acids is 1. The van der Waals surface area contributed by atoms with E-state index in [4.69, 9.17) is 0 Å². The van der Waals surface area contributed by atoms with Crippen molar-refractivity contribution in [2.24, 2.45) is 7.05 Å². The predicted octanol–water partition coefficient (Wildman–Crippen LogP) is 1.79. The zero-order valence-electron chi connectivity index (χ0n) is 7.00. The van der Waals surface area contributed by atoms with Gasteiger partial charge in [0.25, 0.3) is 0 Å². The quantitative estimate of drug-likeness (QED) is 0.604. The van der Waals surface area contributed by atoms with Crippen LogP contribution in [-0.2, 0) is 13.5 Å². The number of aromatic nitrogens is 1. The minimum absolute atomic E-state index is 0.758. The Labute approximate surface area is 66.8 Å². The number of carbonyl (C=O) groups is 1. The monoisotopic (exact) mass is 151 g/mol. The Morgan fingerprint density at radius 3 is 2.73 bits per heavy atom. The number of rotatable bonds is 3. The number of aryl methyl sites for hydroxylation is 1. The molecule has 0 bridgehead atoms. The van der Waals surface area contributed by atoms with Crippen LogP contribution in [0.15, 0.2) is 12.1 Å². The highest BCUT2D eigenvalue weighted by Gasteiger charge is 2.00. The normalized spacial score (nSPS) is 10.0. The van der Waals surface area contributed by atoms with Crippen LogP contribution in [0.3, 0.4) is 0 Å². The maximum Gasteiger partial charge on any atom is 0.166 e. The number of hydrogen-bond acceptors (Lipinski definition) is 1. The van der Waals surface area contributed by atoms with Crippen LogP contribution in [0.4, 0.5) is 0 Å². The third kappa shape index (κ3) is 1.50. The van der Waals surface area contributed by atoms with Gasteiger partial charge in [-0.1, -0.05) is 13.3 Å². The summed E-state index contributed by atoms with van der Waals surface area (Å²) in [6.45, 7) is 2.13. The third-order valence-corrected chi connectivity index (χ3v) is 1.89. The minimum atomic E-state index is 0.758. The van der Waals surface area contributed by atoms with Crippen LogP contribution in [0.5, 0.6) is 0 Å². The van der Waals surface area contributed by atoms with Crippen LogP contribution in [-0.4, -0.2) is 10.9 Å². The van der Waals surface area contributed by atoms with Crippen molar-refractivity contribution in [3.05, 3.63) is 23.5 Å². The van der Waals surface area contributed by atoms with Gasteiger partial charge in [-0.2, -0.15) is 0 Å². The highest BCUT2D eigenvalue weighted by Crippen LogP contribution is 2.06. The van der Waals surface area contributed by atoms with Crippen LogP contribution in [0.1, 0.15) is 29.5 Å². The number of hydrogen-bond donors (Lipinski definition) is 0. The second-order valence-electron chi connectivity index (χ2n) is 2.68. The Hall–Kier alpha value is -1.05. The summed E-state index contributed by atoms with van der Waals surface area (Å²) >= 11 is 0. The van der Waals surface area contributed by atoms with Gasteiger partial charge < -0.3 is 4.57 Å². The topological polar surface area (TPSA) is 22.0 Å². The molecule has 0 N–H and O–H groups in total. The van der Waals surface area contributed by atoms with Crippen molar-refractivity contribution in [3.63, 3.8) is 0 Å². The molecule has 0 atom stereocenters. The zero-order valence-corrected chi connectivity index (χ0v) is 7.00. The SMILES string of the molecule is CCCc1ccc(C=O)n1C. The van der Waals surface area contributed by atoms with Crippen molar-refractivity contribution in [1.82, 2.24) is 4.57 Å². The molecule has 0 unspecified atom stereocenters. The second-order valence-corrected chi connectivity index (χ2v) is 2.68. The van der Waals surface area contributed by atoms with Crippen LogP contribution in [0, 0.1) is 0 Å². The van der Waals surface area contributed by atoms with E-state index < -0.39 is 0 Å². The molecule has 2 nitrogen and oxygen atoms in total. The standard InChI is InChI=1S/C9H13NO/c1-3-4-8-5-6-9(7-11)10(8)2/h5-7H,3-4H2,1-2H3. The van der Waals surface area contributed by atoms with Gasteiger partial charge in [0.05, 0.1) is 5.69 Å². The third-order valence-electron chi connectivity index (χ3n) is 1.89. The van der Waals surface area contributed by atoms with Gasteiger partial charge in [-0.05, 0) is 18.6 Å². The van der Waals surface area contributed by atoms with Gasteiger partial charge in [0.1, 0.15) is 0 Å². The molecule has 0 fully saturated rings. The van der Waals surface area contributed by atoms with E-state index in [0.717, 1.165) is 24.8 Å². The molecule has 0 aliphatic heterocycles. The van der Waals surface area contributed by atoms with E-state index in [1.165, 1.54) is 5.69 Å². The molecule has 1 rings (SSSR count). The van der Waals surface area contributed by atoms with E-state index in [-0.39, 0.29) is 0 Å². The summed E-state index contributed by atoms with van der Waals surface area (Å²) in [5.41, 5.74) is 1.99. The van der Waals surface area contributed by atoms with E-state index in [1.807, 2.05) is 23.7 Å². The molecule has 60 valence electrons. The smallest absolute Gasteiger partial charge is 0.166 e. The molecule has 0 aliphatic carbocycles. The largest absolute Gasteiger partial charge is 0.346 e. The first-order valence-corrected chi connectivity index (χ1v) is 3.89. The molecule has 0 radical (unpaired) electrons. The second kappa shape index (κ2) is 3.37. The fourth-order valence-electron chi connectivity index (χ4n) is 1.20. The fourth-order valence-corrected chi connectivity index (χ4v) is 1.20. The van der Waals surface area contributed by atoms with E-state index in [1.54, 1.807) is 0 Å². The maximum absolute atomic E-state index is 10.4. The van der Waals surface area contributed by atoms with E-state index >= 15 is 0 Å². The Morgan fingerprint density at radius 2 is 2.27 bits per heavy atom. The predicted molar refractivity (Wildman–Crippen MR) is 44.8 cm³/mol. The highest BCUT2D eigenvalue weighted by molar-refractivity contribution is 5.72. The van der Waals surface area contributed by atoms with Crippen molar-refractivity contribution in [2.75, 3.05) is 0 Å². The van der Waals surface area contributed by atoms with Gasteiger partial charge in [0.2, 0.25) is 0 Å². The van der Waals surface area contributed by atoms with Crippen LogP contribution in [0.25, 0.3) is 0 Å². The van der Waals surface area contributed by atoms with Crippen LogP contribution >= 0.6 is 0 Å². The summed E-state index contributed by atoms with van der Waals surface area (Å²) in [6, 6.07) is 3.87. The summed E-state index contributed by atoms with van der Waals surface area (Å²) in [4.78, 5) is 10.4. The maximum atomic E-state index is 10.4. The van der Waals surface area contributed by atoms with E-state index in [2.05, 4.69) is 6.92 Å². The van der Waals surface area contributed by atoms with Crippen molar-refractivity contribution in [3.8, 4) is 0 Å². The molecule has 0 saturated carbocycles. The summed E-state index contributed by atoms with van der Waals surface area (Å²) in [5, 5.41) is 0. The highest BCUT2D eigenvalue weighted by atomic mass is 16.1. The Bertz CT molecular complexity index is 250. The first-order valence-electron chi connectivity index (χ1n) is 3.89. The van der Waals surface area contributed by atoms with Crippen molar-refractivity contribution < 1.29 is 4.79 Å². The minimum Gasteiger partial charge on any atom is -0.346 e. The Balaban J connectivity index is 2.90. The average molecular weight is 151 g/mol. The molecule has 0 spiro atoms. The van der Waals surface area contributed by atoms with Gasteiger partial charge in [-0.15, -0.1) is 0 Å². The molecular weight excluding hydrogens is 138 g/mol. The van der Waals surface area contributed by atoms with Crippen molar-refractivity contribution >= 4 is 6.29 Å². The number of aldehydes is 1. The zero-order chi connectivity index (χ0) is 8.27.